The van der Waals surface area contributed by atoms with E-state index in [9.17, 15) is 5.11 Å². The molecule has 1 aromatic carbocycles. The molecule has 4 heteroatoms. The van der Waals surface area contributed by atoms with Crippen LogP contribution < -0.4 is 0 Å². The Bertz CT molecular complexity index is 486. The van der Waals surface area contributed by atoms with Crippen molar-refractivity contribution in [2.24, 2.45) is 5.92 Å². The van der Waals surface area contributed by atoms with Crippen LogP contribution in [0.15, 0.2) is 24.3 Å². The van der Waals surface area contributed by atoms with Gasteiger partial charge in [0, 0.05) is 33.7 Å². The van der Waals surface area contributed by atoms with Gasteiger partial charge in [-0.1, -0.05) is 12.1 Å². The number of phenolic OH excluding ortho intramolecular Hbond substituents is 1. The molecule has 4 nitrogen and oxygen atoms in total. The summed E-state index contributed by atoms with van der Waals surface area (Å²) in [6, 6.07) is 7.51. The number of likely N-dealkylation sites (N-methyl/N-ethyl adjacent to an activating group) is 1. The third-order valence-electron chi connectivity index (χ3n) is 4.96. The summed E-state index contributed by atoms with van der Waals surface area (Å²) in [4.78, 5) is 2.31. The fraction of sp³-hybridized carbons (Fsp3) is 0.600. The van der Waals surface area contributed by atoms with E-state index in [2.05, 4.69) is 18.0 Å². The van der Waals surface area contributed by atoms with E-state index < -0.39 is 5.79 Å². The van der Waals surface area contributed by atoms with Crippen molar-refractivity contribution in [3.63, 3.8) is 0 Å². The van der Waals surface area contributed by atoms with Crippen LogP contribution in [0, 0.1) is 5.92 Å². The number of likely N-dealkylation sites (tertiary alicyclic amines) is 1. The maximum atomic E-state index is 9.78. The first-order chi connectivity index (χ1) is 9.08. The van der Waals surface area contributed by atoms with Gasteiger partial charge in [0.1, 0.15) is 5.75 Å². The zero-order chi connectivity index (χ0) is 13.7. The van der Waals surface area contributed by atoms with Crippen LogP contribution >= 0.6 is 0 Å². The van der Waals surface area contributed by atoms with Gasteiger partial charge in [0.05, 0.1) is 5.41 Å². The molecule has 1 aliphatic heterocycles. The summed E-state index contributed by atoms with van der Waals surface area (Å²) in [6.07, 6.45) is 0.903. The zero-order valence-corrected chi connectivity index (χ0v) is 11.7. The molecule has 2 fully saturated rings. The first kappa shape index (κ1) is 12.9. The molecule has 1 saturated heterocycles. The molecule has 0 bridgehead atoms. The van der Waals surface area contributed by atoms with Gasteiger partial charge < -0.3 is 19.5 Å². The smallest absolute Gasteiger partial charge is 0.179 e. The Morgan fingerprint density at radius 2 is 2.05 bits per heavy atom. The van der Waals surface area contributed by atoms with E-state index in [-0.39, 0.29) is 5.41 Å². The maximum absolute atomic E-state index is 9.78. The molecule has 1 N–H and O–H groups in total. The normalized spacial score (nSPS) is 32.9. The van der Waals surface area contributed by atoms with Gasteiger partial charge in [-0.2, -0.15) is 0 Å². The van der Waals surface area contributed by atoms with E-state index in [0.29, 0.717) is 11.7 Å². The van der Waals surface area contributed by atoms with Crippen LogP contribution in [0.2, 0.25) is 0 Å². The van der Waals surface area contributed by atoms with Crippen LogP contribution in [0.25, 0.3) is 0 Å². The van der Waals surface area contributed by atoms with Crippen molar-refractivity contribution < 1.29 is 14.6 Å². The zero-order valence-electron chi connectivity index (χ0n) is 11.7. The summed E-state index contributed by atoms with van der Waals surface area (Å²) in [5.41, 5.74) is 0.932. The van der Waals surface area contributed by atoms with E-state index in [1.807, 2.05) is 12.1 Å². The molecule has 0 radical (unpaired) electrons. The van der Waals surface area contributed by atoms with Crippen LogP contribution in [0.1, 0.15) is 12.0 Å². The Morgan fingerprint density at radius 1 is 1.32 bits per heavy atom. The van der Waals surface area contributed by atoms with Gasteiger partial charge >= 0.3 is 0 Å². The van der Waals surface area contributed by atoms with E-state index in [1.165, 1.54) is 0 Å². The molecule has 104 valence electrons. The van der Waals surface area contributed by atoms with Crippen LogP contribution in [-0.4, -0.2) is 50.2 Å². The predicted molar refractivity (Wildman–Crippen MR) is 72.1 cm³/mol. The van der Waals surface area contributed by atoms with Crippen molar-refractivity contribution in [1.29, 1.82) is 0 Å². The summed E-state index contributed by atoms with van der Waals surface area (Å²) in [6.45, 7) is 1.94. The minimum atomic E-state index is -0.573. The fourth-order valence-corrected chi connectivity index (χ4v) is 4.14. The number of aromatic hydroxyl groups is 1. The largest absolute Gasteiger partial charge is 0.508 e. The topological polar surface area (TPSA) is 41.9 Å². The van der Waals surface area contributed by atoms with Crippen LogP contribution in [0.5, 0.6) is 5.75 Å². The molecule has 0 spiro atoms. The third kappa shape index (κ3) is 1.51. The number of methoxy groups -OCH3 is 2. The second kappa shape index (κ2) is 4.20. The standard InChI is InChI=1S/C15H21NO3/c1-16-9-12-8-15(18-2,19-3)14(12,10-16)11-5-4-6-13(17)7-11/h4-7,12,17H,8-10H2,1-3H3/t12-,14-/m0/s1. The Balaban J connectivity index is 2.11. The van der Waals surface area contributed by atoms with Crippen molar-refractivity contribution in [2.75, 3.05) is 34.4 Å². The van der Waals surface area contributed by atoms with Gasteiger partial charge in [0.25, 0.3) is 0 Å². The third-order valence-corrected chi connectivity index (χ3v) is 4.96. The Hall–Kier alpha value is -1.10. The van der Waals surface area contributed by atoms with E-state index in [4.69, 9.17) is 9.47 Å². The highest BCUT2D eigenvalue weighted by molar-refractivity contribution is 5.41. The highest BCUT2D eigenvalue weighted by atomic mass is 16.7. The second-order valence-corrected chi connectivity index (χ2v) is 5.78. The monoisotopic (exact) mass is 263 g/mol. The molecule has 1 saturated carbocycles. The van der Waals surface area contributed by atoms with E-state index in [0.717, 1.165) is 25.1 Å². The van der Waals surface area contributed by atoms with Gasteiger partial charge in [-0.3, -0.25) is 0 Å². The van der Waals surface area contributed by atoms with Crippen molar-refractivity contribution in [3.05, 3.63) is 29.8 Å². The molecule has 19 heavy (non-hydrogen) atoms. The molecule has 0 amide bonds. The molecule has 2 atom stereocenters. The van der Waals surface area contributed by atoms with Crippen molar-refractivity contribution in [2.45, 2.75) is 17.6 Å². The fourth-order valence-electron chi connectivity index (χ4n) is 4.14. The van der Waals surface area contributed by atoms with Gasteiger partial charge in [-0.05, 0) is 30.7 Å². The van der Waals surface area contributed by atoms with Crippen LogP contribution in [0.3, 0.4) is 0 Å². The Labute approximate surface area is 113 Å². The Morgan fingerprint density at radius 3 is 2.63 bits per heavy atom. The molecular weight excluding hydrogens is 242 g/mol. The summed E-state index contributed by atoms with van der Waals surface area (Å²) in [5.74, 6) is 0.239. The molecule has 0 unspecified atom stereocenters. The van der Waals surface area contributed by atoms with Gasteiger partial charge in [-0.25, -0.2) is 0 Å². The minimum Gasteiger partial charge on any atom is -0.508 e. The summed E-state index contributed by atoms with van der Waals surface area (Å²) >= 11 is 0. The number of nitrogens with zero attached hydrogens (tertiary/aromatic N) is 1. The Kier molecular flexibility index (Phi) is 2.85. The molecular formula is C15H21NO3. The molecule has 1 aliphatic carbocycles. The quantitative estimate of drug-likeness (QED) is 0.841. The van der Waals surface area contributed by atoms with Gasteiger partial charge in [0.2, 0.25) is 0 Å². The number of hydrogen-bond donors (Lipinski definition) is 1. The minimum absolute atomic E-state index is 0.177. The van der Waals surface area contributed by atoms with Crippen LogP contribution in [0.4, 0.5) is 0 Å². The van der Waals surface area contributed by atoms with Gasteiger partial charge in [-0.15, -0.1) is 0 Å². The summed E-state index contributed by atoms with van der Waals surface area (Å²) in [7, 11) is 5.55. The lowest BCUT2D eigenvalue weighted by Gasteiger charge is -2.59. The van der Waals surface area contributed by atoms with E-state index >= 15 is 0 Å². The SMILES string of the molecule is COC1(OC)C[C@H]2CN(C)C[C@]21c1cccc(O)c1. The summed E-state index contributed by atoms with van der Waals surface area (Å²) < 4.78 is 11.5. The number of hydrogen-bond acceptors (Lipinski definition) is 4. The molecule has 3 rings (SSSR count). The number of ether oxygens (including phenoxy) is 2. The summed E-state index contributed by atoms with van der Waals surface area (Å²) in [5, 5.41) is 9.78. The van der Waals surface area contributed by atoms with Crippen molar-refractivity contribution >= 4 is 0 Å². The van der Waals surface area contributed by atoms with Gasteiger partial charge in [0.15, 0.2) is 5.79 Å². The molecule has 1 heterocycles. The number of fused-ring (bicyclic) bond motifs is 1. The predicted octanol–water partition coefficient (Wildman–Crippen LogP) is 1.58. The highest BCUT2D eigenvalue weighted by Gasteiger charge is 2.70. The van der Waals surface area contributed by atoms with Crippen molar-refractivity contribution in [1.82, 2.24) is 4.90 Å². The number of phenols is 1. The lowest BCUT2D eigenvalue weighted by atomic mass is 9.53. The average Bonchev–Trinajstić information content (AvgIpc) is 2.66. The lowest BCUT2D eigenvalue weighted by Crippen LogP contribution is -2.68. The second-order valence-electron chi connectivity index (χ2n) is 5.78. The molecule has 1 aromatic rings. The number of rotatable bonds is 3. The van der Waals surface area contributed by atoms with Crippen LogP contribution in [-0.2, 0) is 14.9 Å². The maximum Gasteiger partial charge on any atom is 0.179 e. The highest BCUT2D eigenvalue weighted by Crippen LogP contribution is 2.61. The first-order valence-corrected chi connectivity index (χ1v) is 6.66. The number of benzene rings is 1. The van der Waals surface area contributed by atoms with E-state index in [1.54, 1.807) is 20.3 Å². The lowest BCUT2D eigenvalue weighted by molar-refractivity contribution is -0.314. The molecule has 2 aliphatic rings. The molecule has 0 aromatic heterocycles. The van der Waals surface area contributed by atoms with Crippen molar-refractivity contribution in [3.8, 4) is 5.75 Å². The first-order valence-electron chi connectivity index (χ1n) is 6.66. The average molecular weight is 263 g/mol.